The molecule has 65 heavy (non-hydrogen) atoms. The van der Waals surface area contributed by atoms with Gasteiger partial charge in [-0.05, 0) is 100 Å². The number of carboxylic acid groups (broad SMARTS) is 1. The summed E-state index contributed by atoms with van der Waals surface area (Å²) >= 11 is 12.1. The van der Waals surface area contributed by atoms with Crippen molar-refractivity contribution < 1.29 is 46.9 Å². The van der Waals surface area contributed by atoms with Crippen molar-refractivity contribution in [3.05, 3.63) is 182 Å². The largest absolute Gasteiger partial charge is 0.489 e. The van der Waals surface area contributed by atoms with Crippen molar-refractivity contribution in [3.8, 4) is 28.7 Å². The smallest absolute Gasteiger partial charge is 0.416 e. The van der Waals surface area contributed by atoms with E-state index in [1.165, 1.54) is 6.07 Å². The van der Waals surface area contributed by atoms with Gasteiger partial charge in [0.2, 0.25) is 12.0 Å². The van der Waals surface area contributed by atoms with Crippen molar-refractivity contribution in [2.24, 2.45) is 0 Å². The first-order valence-corrected chi connectivity index (χ1v) is 20.8. The topological polar surface area (TPSA) is 158 Å². The third-order valence-electron chi connectivity index (χ3n) is 11.1. The van der Waals surface area contributed by atoms with Crippen LogP contribution in [0.4, 0.5) is 18.9 Å². The average molecular weight is 920 g/mol. The fraction of sp³-hybridized carbons (Fsp3) is 0.163. The molecule has 6 aromatic carbocycles. The zero-order valence-electron chi connectivity index (χ0n) is 33.9. The molecule has 11 nitrogen and oxygen atoms in total. The monoisotopic (exact) mass is 918 g/mol. The van der Waals surface area contributed by atoms with Gasteiger partial charge in [-0.3, -0.25) is 14.4 Å². The predicted octanol–water partition coefficient (Wildman–Crippen LogP) is 9.58. The first-order chi connectivity index (χ1) is 31.1. The van der Waals surface area contributed by atoms with Gasteiger partial charge in [-0.15, -0.1) is 0 Å². The summed E-state index contributed by atoms with van der Waals surface area (Å²) in [6.07, 6.45) is -6.15. The zero-order chi connectivity index (χ0) is 46.0. The van der Waals surface area contributed by atoms with Gasteiger partial charge in [0.15, 0.2) is 0 Å². The maximum atomic E-state index is 14.2. The zero-order valence-corrected chi connectivity index (χ0v) is 35.4. The van der Waals surface area contributed by atoms with E-state index in [0.717, 1.165) is 33.7 Å². The Kier molecular flexibility index (Phi) is 12.5. The quantitative estimate of drug-likeness (QED) is 0.116. The van der Waals surface area contributed by atoms with E-state index in [4.69, 9.17) is 37.9 Å². The first kappa shape index (κ1) is 44.3. The molecule has 2 aliphatic heterocycles. The van der Waals surface area contributed by atoms with Crippen molar-refractivity contribution in [1.29, 1.82) is 5.26 Å². The van der Waals surface area contributed by atoms with Gasteiger partial charge in [0.25, 0.3) is 11.8 Å². The number of aliphatic carboxylic acids is 1. The third kappa shape index (κ3) is 9.92. The summed E-state index contributed by atoms with van der Waals surface area (Å²) in [5.74, 6) is -2.81. The number of nitrogens with one attached hydrogen (secondary N) is 2. The minimum absolute atomic E-state index is 0.133. The van der Waals surface area contributed by atoms with Crippen LogP contribution in [0, 0.1) is 11.3 Å². The molecule has 2 heterocycles. The number of rotatable bonds is 11. The Balaban J connectivity index is 1.03. The molecule has 6 aromatic rings. The maximum Gasteiger partial charge on any atom is 0.416 e. The molecule has 328 valence electrons. The lowest BCUT2D eigenvalue weighted by Crippen LogP contribution is -2.56. The van der Waals surface area contributed by atoms with Crippen LogP contribution in [-0.4, -0.2) is 45.8 Å². The van der Waals surface area contributed by atoms with E-state index in [0.29, 0.717) is 49.7 Å². The van der Waals surface area contributed by atoms with Crippen molar-refractivity contribution in [1.82, 2.24) is 10.2 Å². The van der Waals surface area contributed by atoms with Crippen LogP contribution in [0.1, 0.15) is 55.4 Å². The van der Waals surface area contributed by atoms with Gasteiger partial charge >= 0.3 is 12.1 Å². The van der Waals surface area contributed by atoms with E-state index < -0.39 is 53.6 Å². The van der Waals surface area contributed by atoms with Gasteiger partial charge in [-0.1, -0.05) is 83.9 Å². The summed E-state index contributed by atoms with van der Waals surface area (Å²) in [5.41, 5.74) is 3.93. The Morgan fingerprint density at radius 2 is 1.57 bits per heavy atom. The summed E-state index contributed by atoms with van der Waals surface area (Å²) in [6.45, 7) is -0.0560. The number of nitriles is 1. The molecule has 0 saturated carbocycles. The van der Waals surface area contributed by atoms with Crippen LogP contribution in [0.2, 0.25) is 10.0 Å². The van der Waals surface area contributed by atoms with E-state index in [9.17, 15) is 37.5 Å². The number of carboxylic acids is 1. The van der Waals surface area contributed by atoms with E-state index in [-0.39, 0.29) is 43.0 Å². The fourth-order valence-electron chi connectivity index (χ4n) is 7.66. The number of fused-ring (bicyclic) bond motifs is 2. The number of halogens is 5. The van der Waals surface area contributed by atoms with E-state index >= 15 is 0 Å². The lowest BCUT2D eigenvalue weighted by atomic mass is 9.91. The van der Waals surface area contributed by atoms with Crippen LogP contribution in [0.5, 0.6) is 11.5 Å². The molecule has 16 heteroatoms. The van der Waals surface area contributed by atoms with Gasteiger partial charge in [0.1, 0.15) is 30.2 Å². The molecular formula is C49H35Cl2F3N4O7. The molecule has 3 amide bonds. The number of carbonyl (C=O) groups is 4. The van der Waals surface area contributed by atoms with Crippen LogP contribution >= 0.6 is 23.2 Å². The number of benzene rings is 6. The molecule has 0 saturated heterocycles. The van der Waals surface area contributed by atoms with Crippen LogP contribution in [0.15, 0.2) is 127 Å². The lowest BCUT2D eigenvalue weighted by molar-refractivity contribution is -0.142. The highest BCUT2D eigenvalue weighted by Gasteiger charge is 2.40. The Morgan fingerprint density at radius 1 is 0.877 bits per heavy atom. The highest BCUT2D eigenvalue weighted by atomic mass is 35.5. The van der Waals surface area contributed by atoms with Crippen LogP contribution in [-0.2, 0) is 46.6 Å². The molecule has 3 unspecified atom stereocenters. The Hall–Kier alpha value is -7.34. The van der Waals surface area contributed by atoms with E-state index in [2.05, 4.69) is 16.7 Å². The normalized spacial score (nSPS) is 15.9. The molecule has 8 rings (SSSR count). The second-order valence-electron chi connectivity index (χ2n) is 15.4. The summed E-state index contributed by atoms with van der Waals surface area (Å²) in [6, 6.07) is 32.1. The highest BCUT2D eigenvalue weighted by molar-refractivity contribution is 6.42. The Labute approximate surface area is 379 Å². The van der Waals surface area contributed by atoms with E-state index in [1.807, 2.05) is 0 Å². The SMILES string of the molecule is N#Cc1ccc(-c2ccc(CC(NC(=O)C3Cc4cc5c(cc4CN3C(=O)c3cccc(C(F)(F)F)c3)OC(c3ccc(OCc4ccc(Cl)c(Cl)c4)cc3)C(=O)N5)C(=O)O)cc2)cc1. The molecule has 0 spiro atoms. The van der Waals surface area contributed by atoms with E-state index in [1.54, 1.807) is 103 Å². The summed E-state index contributed by atoms with van der Waals surface area (Å²) in [4.78, 5) is 55.5. The van der Waals surface area contributed by atoms with Crippen molar-refractivity contribution in [3.63, 3.8) is 0 Å². The number of ether oxygens (including phenoxy) is 2. The predicted molar refractivity (Wildman–Crippen MR) is 234 cm³/mol. The maximum absolute atomic E-state index is 14.2. The molecular weight excluding hydrogens is 884 g/mol. The third-order valence-corrected chi connectivity index (χ3v) is 11.8. The number of hydrogen-bond donors (Lipinski definition) is 3. The van der Waals surface area contributed by atoms with Crippen LogP contribution in [0.25, 0.3) is 11.1 Å². The minimum atomic E-state index is -4.76. The molecule has 0 radical (unpaired) electrons. The highest BCUT2D eigenvalue weighted by Crippen LogP contribution is 2.40. The van der Waals surface area contributed by atoms with Gasteiger partial charge in [0, 0.05) is 30.5 Å². The standard InChI is InChI=1S/C49H35Cl2F3N4O7/c50-38-17-8-29(18-39(38)51)26-64-37-15-13-32(14-16-37)44-46(60)56-40-21-34-22-42(58(25-35(34)23-43(40)65-44)47(61)33-2-1-3-36(20-33)49(52,53)54)45(59)57-41(48(62)63)19-27-4-9-30(10-5-27)31-11-6-28(24-55)7-12-31/h1-18,20-21,23,41-42,44H,19,22,25-26H2,(H,56,60)(H,57,59)(H,62,63). The number of alkyl halides is 3. The number of carbonyl (C=O) groups excluding carboxylic acids is 3. The van der Waals surface area contributed by atoms with Gasteiger partial charge in [-0.25, -0.2) is 4.79 Å². The fourth-order valence-corrected chi connectivity index (χ4v) is 7.98. The lowest BCUT2D eigenvalue weighted by Gasteiger charge is -2.38. The van der Waals surface area contributed by atoms with Crippen LogP contribution in [0.3, 0.4) is 0 Å². The number of hydrogen-bond acceptors (Lipinski definition) is 7. The van der Waals surface area contributed by atoms with Gasteiger partial charge < -0.3 is 30.1 Å². The van der Waals surface area contributed by atoms with Crippen molar-refractivity contribution in [2.45, 2.75) is 50.4 Å². The number of nitrogens with zero attached hydrogens (tertiary/aromatic N) is 2. The summed E-state index contributed by atoms with van der Waals surface area (Å²) in [7, 11) is 0. The second-order valence-corrected chi connectivity index (χ2v) is 16.2. The van der Waals surface area contributed by atoms with Gasteiger partial charge in [0.05, 0.1) is 32.9 Å². The van der Waals surface area contributed by atoms with Gasteiger partial charge in [-0.2, -0.15) is 18.4 Å². The molecule has 0 fully saturated rings. The molecule has 0 aromatic heterocycles. The number of anilines is 1. The summed E-state index contributed by atoms with van der Waals surface area (Å²) in [5, 5.41) is 25.6. The molecule has 0 bridgehead atoms. The van der Waals surface area contributed by atoms with Crippen LogP contribution < -0.4 is 20.1 Å². The molecule has 0 aliphatic carbocycles. The summed E-state index contributed by atoms with van der Waals surface area (Å²) < 4.78 is 53.4. The minimum Gasteiger partial charge on any atom is -0.489 e. The molecule has 3 N–H and O–H groups in total. The Morgan fingerprint density at radius 3 is 2.23 bits per heavy atom. The van der Waals surface area contributed by atoms with Crippen molar-refractivity contribution >= 4 is 52.6 Å². The Bertz CT molecular complexity index is 2870. The van der Waals surface area contributed by atoms with Crippen molar-refractivity contribution in [2.75, 3.05) is 5.32 Å². The average Bonchev–Trinajstić information content (AvgIpc) is 3.30. The first-order valence-electron chi connectivity index (χ1n) is 20.0. The second kappa shape index (κ2) is 18.4. The number of amides is 3. The molecule has 3 atom stereocenters. The molecule has 2 aliphatic rings.